The van der Waals surface area contributed by atoms with Gasteiger partial charge >= 0.3 is 12.0 Å². The van der Waals surface area contributed by atoms with Gasteiger partial charge in [-0.1, -0.05) is 12.8 Å². The maximum Gasteiger partial charge on any atom is 0.338 e. The van der Waals surface area contributed by atoms with Crippen molar-refractivity contribution in [1.29, 1.82) is 0 Å². The molecular formula is C21H28N2O5. The lowest BCUT2D eigenvalue weighted by atomic mass is 9.94. The van der Waals surface area contributed by atoms with Crippen LogP contribution in [0.4, 0.5) is 4.79 Å². The van der Waals surface area contributed by atoms with Crippen molar-refractivity contribution in [3.8, 4) is 11.5 Å². The van der Waals surface area contributed by atoms with Crippen LogP contribution in [0.25, 0.3) is 0 Å². The van der Waals surface area contributed by atoms with E-state index in [2.05, 4.69) is 10.6 Å². The second kappa shape index (κ2) is 8.99. The van der Waals surface area contributed by atoms with Crippen LogP contribution in [0.1, 0.15) is 57.1 Å². The monoisotopic (exact) mass is 388 g/mol. The molecule has 1 aliphatic heterocycles. The molecule has 1 saturated carbocycles. The molecule has 0 saturated heterocycles. The maximum absolute atomic E-state index is 13.1. The van der Waals surface area contributed by atoms with E-state index in [1.165, 1.54) is 12.8 Å². The molecule has 7 heteroatoms. The molecule has 0 spiro atoms. The topological polar surface area (TPSA) is 85.9 Å². The first-order chi connectivity index (χ1) is 13.5. The van der Waals surface area contributed by atoms with Crippen molar-refractivity contribution in [1.82, 2.24) is 10.6 Å². The van der Waals surface area contributed by atoms with E-state index in [0.29, 0.717) is 28.3 Å². The van der Waals surface area contributed by atoms with Gasteiger partial charge in [0, 0.05) is 17.3 Å². The number of allylic oxidation sites excluding steroid dienone is 1. The molecule has 1 atom stereocenters. The summed E-state index contributed by atoms with van der Waals surface area (Å²) in [7, 11) is 3.11. The second-order valence-electron chi connectivity index (χ2n) is 7.20. The Labute approximate surface area is 165 Å². The Hall–Kier alpha value is -2.70. The fourth-order valence-corrected chi connectivity index (χ4v) is 3.83. The van der Waals surface area contributed by atoms with E-state index in [4.69, 9.17) is 14.2 Å². The zero-order valence-corrected chi connectivity index (χ0v) is 16.7. The predicted molar refractivity (Wildman–Crippen MR) is 104 cm³/mol. The van der Waals surface area contributed by atoms with Crippen molar-refractivity contribution >= 4 is 12.0 Å². The minimum Gasteiger partial charge on any atom is -0.497 e. The molecule has 1 aliphatic carbocycles. The first kappa shape index (κ1) is 20.0. The molecule has 2 amide bonds. The van der Waals surface area contributed by atoms with Gasteiger partial charge in [0.25, 0.3) is 0 Å². The Morgan fingerprint density at radius 2 is 1.79 bits per heavy atom. The number of amides is 2. The summed E-state index contributed by atoms with van der Waals surface area (Å²) in [4.78, 5) is 25.2. The summed E-state index contributed by atoms with van der Waals surface area (Å²) in [6.07, 6.45) is 6.19. The van der Waals surface area contributed by atoms with Crippen LogP contribution in [0.3, 0.4) is 0 Å². The van der Waals surface area contributed by atoms with Crippen molar-refractivity contribution < 1.29 is 23.8 Å². The van der Waals surface area contributed by atoms with Gasteiger partial charge in [-0.15, -0.1) is 0 Å². The molecule has 1 aromatic rings. The lowest BCUT2D eigenvalue weighted by Crippen LogP contribution is -2.45. The van der Waals surface area contributed by atoms with Crippen molar-refractivity contribution in [2.45, 2.75) is 57.6 Å². The first-order valence-electron chi connectivity index (χ1n) is 9.74. The maximum atomic E-state index is 13.1. The van der Waals surface area contributed by atoms with Crippen molar-refractivity contribution in [2.24, 2.45) is 0 Å². The Morgan fingerprint density at radius 1 is 1.07 bits per heavy atom. The standard InChI is InChI=1S/C21H28N2O5/c1-13-18(20(24)28-14-8-6-4-5-7-9-14)19(23-21(25)22-13)16-11-10-15(26-2)12-17(16)27-3/h10-12,14,19H,4-9H2,1-3H3,(H2,22,23,25). The van der Waals surface area contributed by atoms with E-state index < -0.39 is 12.0 Å². The number of benzene rings is 1. The van der Waals surface area contributed by atoms with Gasteiger partial charge in [0.05, 0.1) is 25.8 Å². The molecule has 1 heterocycles. The third-order valence-corrected chi connectivity index (χ3v) is 5.32. The number of rotatable bonds is 5. The highest BCUT2D eigenvalue weighted by Gasteiger charge is 2.35. The Morgan fingerprint density at radius 3 is 2.43 bits per heavy atom. The number of carbonyl (C=O) groups excluding carboxylic acids is 2. The number of ether oxygens (including phenoxy) is 3. The Balaban J connectivity index is 1.91. The SMILES string of the molecule is COc1ccc(C2NC(=O)NC(C)=C2C(=O)OC2CCCCCC2)c(OC)c1. The van der Waals surface area contributed by atoms with E-state index in [1.54, 1.807) is 39.3 Å². The molecular weight excluding hydrogens is 360 g/mol. The van der Waals surface area contributed by atoms with E-state index >= 15 is 0 Å². The minimum absolute atomic E-state index is 0.0775. The zero-order chi connectivity index (χ0) is 20.1. The number of hydrogen-bond acceptors (Lipinski definition) is 5. The van der Waals surface area contributed by atoms with Crippen LogP contribution in [0, 0.1) is 0 Å². The summed E-state index contributed by atoms with van der Waals surface area (Å²) >= 11 is 0. The summed E-state index contributed by atoms with van der Waals surface area (Å²) in [5.74, 6) is 0.753. The predicted octanol–water partition coefficient (Wildman–Crippen LogP) is 3.60. The second-order valence-corrected chi connectivity index (χ2v) is 7.20. The minimum atomic E-state index is -0.659. The quantitative estimate of drug-likeness (QED) is 0.595. The normalized spacial score (nSPS) is 20.7. The lowest BCUT2D eigenvalue weighted by Gasteiger charge is -2.30. The van der Waals surface area contributed by atoms with Crippen LogP contribution >= 0.6 is 0 Å². The Kier molecular flexibility index (Phi) is 6.44. The number of esters is 1. The molecule has 0 aromatic heterocycles. The van der Waals surface area contributed by atoms with Gasteiger partial charge in [-0.2, -0.15) is 0 Å². The molecule has 7 nitrogen and oxygen atoms in total. The first-order valence-corrected chi connectivity index (χ1v) is 9.74. The summed E-state index contributed by atoms with van der Waals surface area (Å²) < 4.78 is 16.6. The molecule has 1 fully saturated rings. The number of methoxy groups -OCH3 is 2. The van der Waals surface area contributed by atoms with Gasteiger partial charge in [0.1, 0.15) is 17.6 Å². The summed E-state index contributed by atoms with van der Waals surface area (Å²) in [5, 5.41) is 5.51. The fraction of sp³-hybridized carbons (Fsp3) is 0.524. The van der Waals surface area contributed by atoms with Crippen LogP contribution in [0.2, 0.25) is 0 Å². The van der Waals surface area contributed by atoms with E-state index in [9.17, 15) is 9.59 Å². The zero-order valence-electron chi connectivity index (χ0n) is 16.7. The number of hydrogen-bond donors (Lipinski definition) is 2. The summed E-state index contributed by atoms with van der Waals surface area (Å²) in [6.45, 7) is 1.71. The molecule has 0 bridgehead atoms. The smallest absolute Gasteiger partial charge is 0.338 e. The molecule has 1 aromatic carbocycles. The Bertz CT molecular complexity index is 766. The summed E-state index contributed by atoms with van der Waals surface area (Å²) in [6, 6.07) is 4.27. The molecule has 3 rings (SSSR count). The van der Waals surface area contributed by atoms with E-state index in [1.807, 2.05) is 0 Å². The van der Waals surface area contributed by atoms with Gasteiger partial charge in [-0.3, -0.25) is 0 Å². The van der Waals surface area contributed by atoms with Crippen molar-refractivity contribution in [3.05, 3.63) is 35.0 Å². The van der Waals surface area contributed by atoms with Crippen LogP contribution in [-0.2, 0) is 9.53 Å². The highest BCUT2D eigenvalue weighted by molar-refractivity contribution is 5.95. The average molecular weight is 388 g/mol. The van der Waals surface area contributed by atoms with Gasteiger partial charge in [0.2, 0.25) is 0 Å². The number of urea groups is 1. The molecule has 0 radical (unpaired) electrons. The van der Waals surface area contributed by atoms with Gasteiger partial charge < -0.3 is 24.8 Å². The molecule has 2 N–H and O–H groups in total. The highest BCUT2D eigenvalue weighted by Crippen LogP contribution is 2.36. The molecule has 152 valence electrons. The molecule has 2 aliphatic rings. The number of nitrogens with one attached hydrogen (secondary N) is 2. The highest BCUT2D eigenvalue weighted by atomic mass is 16.5. The van der Waals surface area contributed by atoms with Crippen LogP contribution in [0.15, 0.2) is 29.5 Å². The largest absolute Gasteiger partial charge is 0.497 e. The van der Waals surface area contributed by atoms with Crippen LogP contribution in [0.5, 0.6) is 11.5 Å². The third-order valence-electron chi connectivity index (χ3n) is 5.32. The van der Waals surface area contributed by atoms with Gasteiger partial charge in [-0.25, -0.2) is 9.59 Å². The van der Waals surface area contributed by atoms with E-state index in [0.717, 1.165) is 25.7 Å². The summed E-state index contributed by atoms with van der Waals surface area (Å²) in [5.41, 5.74) is 1.56. The lowest BCUT2D eigenvalue weighted by molar-refractivity contribution is -0.145. The van der Waals surface area contributed by atoms with Crippen LogP contribution in [-0.4, -0.2) is 32.3 Å². The molecule has 28 heavy (non-hydrogen) atoms. The van der Waals surface area contributed by atoms with E-state index in [-0.39, 0.29) is 12.1 Å². The van der Waals surface area contributed by atoms with Crippen LogP contribution < -0.4 is 20.1 Å². The fourth-order valence-electron chi connectivity index (χ4n) is 3.83. The molecule has 1 unspecified atom stereocenters. The van der Waals surface area contributed by atoms with Gasteiger partial charge in [0.15, 0.2) is 0 Å². The van der Waals surface area contributed by atoms with Crippen molar-refractivity contribution in [2.75, 3.05) is 14.2 Å². The third kappa shape index (κ3) is 4.40. The van der Waals surface area contributed by atoms with Crippen molar-refractivity contribution in [3.63, 3.8) is 0 Å². The number of carbonyl (C=O) groups is 2. The van der Waals surface area contributed by atoms with Gasteiger partial charge in [-0.05, 0) is 44.7 Å². The average Bonchev–Trinajstić information content (AvgIpc) is 2.95.